The summed E-state index contributed by atoms with van der Waals surface area (Å²) in [6, 6.07) is 0. The average Bonchev–Trinajstić information content (AvgIpc) is 2.87. The molecular weight excluding hydrogens is 220 g/mol. The van der Waals surface area contributed by atoms with Crippen molar-refractivity contribution < 1.29 is 4.74 Å². The molecule has 3 rings (SSSR count). The highest BCUT2D eigenvalue weighted by Gasteiger charge is 2.27. The van der Waals surface area contributed by atoms with Crippen molar-refractivity contribution in [1.29, 1.82) is 0 Å². The van der Waals surface area contributed by atoms with E-state index in [0.29, 0.717) is 24.3 Å². The maximum Gasteiger partial charge on any atom is 0.223 e. The molecule has 1 atom stereocenters. The van der Waals surface area contributed by atoms with Gasteiger partial charge in [-0.15, -0.1) is 0 Å². The molecular formula is C10H16N6O. The molecule has 1 fully saturated rings. The lowest BCUT2D eigenvalue weighted by Crippen LogP contribution is -2.32. The summed E-state index contributed by atoms with van der Waals surface area (Å²) in [6.07, 6.45) is 2.54. The Bertz CT molecular complexity index is 431. The Kier molecular flexibility index (Phi) is 2.49. The molecule has 1 saturated heterocycles. The summed E-state index contributed by atoms with van der Waals surface area (Å²) in [6.45, 7) is 2.39. The summed E-state index contributed by atoms with van der Waals surface area (Å²) in [5.74, 6) is 1.37. The summed E-state index contributed by atoms with van der Waals surface area (Å²) in [5.41, 5.74) is 15.5. The normalized spacial score (nSPS) is 23.6. The third-order valence-corrected chi connectivity index (χ3v) is 3.12. The zero-order valence-corrected chi connectivity index (χ0v) is 9.52. The van der Waals surface area contributed by atoms with Gasteiger partial charge in [-0.3, -0.25) is 0 Å². The molecule has 3 heterocycles. The molecule has 1 unspecified atom stereocenters. The van der Waals surface area contributed by atoms with Crippen molar-refractivity contribution >= 4 is 17.6 Å². The molecule has 17 heavy (non-hydrogen) atoms. The zero-order valence-electron chi connectivity index (χ0n) is 9.52. The third kappa shape index (κ3) is 1.98. The SMILES string of the molecule is Nc1nc(N)c2c(n1)NN(CC1CCCO1)C2. The lowest BCUT2D eigenvalue weighted by molar-refractivity contribution is 0.0812. The van der Waals surface area contributed by atoms with Gasteiger partial charge in [0.2, 0.25) is 5.95 Å². The topological polar surface area (TPSA) is 102 Å². The minimum Gasteiger partial charge on any atom is -0.383 e. The molecule has 7 heteroatoms. The van der Waals surface area contributed by atoms with E-state index in [9.17, 15) is 0 Å². The average molecular weight is 236 g/mol. The number of ether oxygens (including phenoxy) is 1. The number of fused-ring (bicyclic) bond motifs is 1. The molecule has 92 valence electrons. The second-order valence-corrected chi connectivity index (χ2v) is 4.42. The van der Waals surface area contributed by atoms with Crippen molar-refractivity contribution in [3.05, 3.63) is 5.56 Å². The van der Waals surface area contributed by atoms with Crippen LogP contribution in [0, 0.1) is 0 Å². The second-order valence-electron chi connectivity index (χ2n) is 4.42. The molecule has 0 saturated carbocycles. The molecule has 1 aromatic rings. The number of rotatable bonds is 2. The van der Waals surface area contributed by atoms with Crippen molar-refractivity contribution in [1.82, 2.24) is 15.0 Å². The summed E-state index contributed by atoms with van der Waals surface area (Å²) < 4.78 is 5.59. The van der Waals surface area contributed by atoms with E-state index < -0.39 is 0 Å². The van der Waals surface area contributed by atoms with E-state index in [1.165, 1.54) is 0 Å². The van der Waals surface area contributed by atoms with Gasteiger partial charge in [-0.1, -0.05) is 0 Å². The molecule has 0 aliphatic carbocycles. The largest absolute Gasteiger partial charge is 0.383 e. The maximum absolute atomic E-state index is 5.81. The lowest BCUT2D eigenvalue weighted by Gasteiger charge is -2.19. The molecule has 0 aromatic carbocycles. The fourth-order valence-electron chi connectivity index (χ4n) is 2.29. The minimum atomic E-state index is 0.202. The Balaban J connectivity index is 1.71. The predicted octanol–water partition coefficient (Wildman–Crippen LogP) is -0.0375. The van der Waals surface area contributed by atoms with E-state index in [1.54, 1.807) is 0 Å². The fourth-order valence-corrected chi connectivity index (χ4v) is 2.29. The highest BCUT2D eigenvalue weighted by atomic mass is 16.5. The minimum absolute atomic E-state index is 0.202. The molecule has 2 aliphatic heterocycles. The van der Waals surface area contributed by atoms with Crippen LogP contribution in [0.4, 0.5) is 17.6 Å². The Labute approximate surface area is 99.1 Å². The van der Waals surface area contributed by atoms with Crippen LogP contribution in [0.15, 0.2) is 0 Å². The van der Waals surface area contributed by atoms with Gasteiger partial charge in [0.15, 0.2) is 5.82 Å². The monoisotopic (exact) mass is 236 g/mol. The van der Waals surface area contributed by atoms with Crippen LogP contribution in [0.3, 0.4) is 0 Å². The van der Waals surface area contributed by atoms with Crippen molar-refractivity contribution in [3.8, 4) is 0 Å². The number of hydrogen-bond donors (Lipinski definition) is 3. The van der Waals surface area contributed by atoms with E-state index in [0.717, 1.165) is 31.6 Å². The standard InChI is InChI=1S/C10H16N6O/c11-8-7-5-16(4-6-2-1-3-17-6)15-9(7)14-10(12)13-8/h6H,1-5H2,(H5,11,12,13,14,15). The number of nitrogen functional groups attached to an aromatic ring is 2. The van der Waals surface area contributed by atoms with E-state index in [2.05, 4.69) is 15.4 Å². The van der Waals surface area contributed by atoms with Gasteiger partial charge in [-0.05, 0) is 12.8 Å². The van der Waals surface area contributed by atoms with Gasteiger partial charge < -0.3 is 21.6 Å². The second kappa shape index (κ2) is 4.01. The van der Waals surface area contributed by atoms with Crippen LogP contribution < -0.4 is 16.9 Å². The van der Waals surface area contributed by atoms with Gasteiger partial charge in [0.1, 0.15) is 5.82 Å². The van der Waals surface area contributed by atoms with Gasteiger partial charge >= 0.3 is 0 Å². The van der Waals surface area contributed by atoms with Crippen LogP contribution in [-0.4, -0.2) is 34.2 Å². The van der Waals surface area contributed by atoms with Gasteiger partial charge in [-0.2, -0.15) is 9.97 Å². The van der Waals surface area contributed by atoms with E-state index >= 15 is 0 Å². The molecule has 0 bridgehead atoms. The van der Waals surface area contributed by atoms with Crippen molar-refractivity contribution in [2.24, 2.45) is 0 Å². The van der Waals surface area contributed by atoms with Crippen molar-refractivity contribution in [2.75, 3.05) is 30.0 Å². The number of hydrazine groups is 1. The number of nitrogens with two attached hydrogens (primary N) is 2. The maximum atomic E-state index is 5.81. The van der Waals surface area contributed by atoms with E-state index in [1.807, 2.05) is 5.01 Å². The molecule has 0 radical (unpaired) electrons. The van der Waals surface area contributed by atoms with Crippen LogP contribution in [0.2, 0.25) is 0 Å². The van der Waals surface area contributed by atoms with Crippen LogP contribution >= 0.6 is 0 Å². The third-order valence-electron chi connectivity index (χ3n) is 3.12. The van der Waals surface area contributed by atoms with Gasteiger partial charge in [0.05, 0.1) is 18.2 Å². The number of aromatic nitrogens is 2. The lowest BCUT2D eigenvalue weighted by atomic mass is 10.2. The smallest absolute Gasteiger partial charge is 0.223 e. The summed E-state index contributed by atoms with van der Waals surface area (Å²) >= 11 is 0. The van der Waals surface area contributed by atoms with E-state index in [-0.39, 0.29) is 5.95 Å². The van der Waals surface area contributed by atoms with Crippen LogP contribution in [0.5, 0.6) is 0 Å². The molecule has 7 nitrogen and oxygen atoms in total. The Morgan fingerprint density at radius 2 is 2.29 bits per heavy atom. The van der Waals surface area contributed by atoms with Crippen LogP contribution in [0.1, 0.15) is 18.4 Å². The fraction of sp³-hybridized carbons (Fsp3) is 0.600. The number of nitrogens with one attached hydrogen (secondary N) is 1. The molecule has 0 amide bonds. The summed E-state index contributed by atoms with van der Waals surface area (Å²) in [5, 5.41) is 2.05. The Morgan fingerprint density at radius 3 is 3.06 bits per heavy atom. The first-order chi connectivity index (χ1) is 8.22. The predicted molar refractivity (Wildman–Crippen MR) is 63.9 cm³/mol. The molecule has 2 aliphatic rings. The number of nitrogens with zero attached hydrogens (tertiary/aromatic N) is 3. The van der Waals surface area contributed by atoms with Crippen LogP contribution in [-0.2, 0) is 11.3 Å². The molecule has 0 spiro atoms. The summed E-state index contributed by atoms with van der Waals surface area (Å²) in [4.78, 5) is 8.09. The first kappa shape index (κ1) is 10.5. The van der Waals surface area contributed by atoms with Gasteiger partial charge in [-0.25, -0.2) is 5.01 Å². The Hall–Kier alpha value is -1.60. The molecule has 1 aromatic heterocycles. The highest BCUT2D eigenvalue weighted by Crippen LogP contribution is 2.28. The highest BCUT2D eigenvalue weighted by molar-refractivity contribution is 5.60. The molecule has 5 N–H and O–H groups in total. The van der Waals surface area contributed by atoms with E-state index in [4.69, 9.17) is 16.2 Å². The van der Waals surface area contributed by atoms with Gasteiger partial charge in [0, 0.05) is 13.2 Å². The summed E-state index contributed by atoms with van der Waals surface area (Å²) in [7, 11) is 0. The first-order valence-corrected chi connectivity index (χ1v) is 5.77. The Morgan fingerprint density at radius 1 is 1.41 bits per heavy atom. The van der Waals surface area contributed by atoms with Crippen LogP contribution in [0.25, 0.3) is 0 Å². The zero-order chi connectivity index (χ0) is 11.8. The number of hydrogen-bond acceptors (Lipinski definition) is 7. The van der Waals surface area contributed by atoms with Crippen molar-refractivity contribution in [2.45, 2.75) is 25.5 Å². The first-order valence-electron chi connectivity index (χ1n) is 5.77. The number of anilines is 3. The van der Waals surface area contributed by atoms with Crippen molar-refractivity contribution in [3.63, 3.8) is 0 Å². The van der Waals surface area contributed by atoms with Gasteiger partial charge in [0.25, 0.3) is 0 Å². The quantitative estimate of drug-likeness (QED) is 0.662.